The molecule has 3 rings (SSSR count). The highest BCUT2D eigenvalue weighted by molar-refractivity contribution is 7.99. The molecule has 0 aromatic heterocycles. The van der Waals surface area contributed by atoms with Crippen LogP contribution in [0.4, 0.5) is 5.69 Å². The fourth-order valence-corrected chi connectivity index (χ4v) is 5.24. The summed E-state index contributed by atoms with van der Waals surface area (Å²) in [6.07, 6.45) is 0. The SMILES string of the molecule is CCOc1ccc(OCCSCC(=O)Nc2cc(S(=O)(=O)N3CCOCC3)ccc2C)cc1. The highest BCUT2D eigenvalue weighted by atomic mass is 32.2. The summed E-state index contributed by atoms with van der Waals surface area (Å²) in [6, 6.07) is 12.2. The second-order valence-electron chi connectivity index (χ2n) is 7.35. The molecule has 0 unspecified atom stereocenters. The number of hydrogen-bond donors (Lipinski definition) is 1. The van der Waals surface area contributed by atoms with E-state index in [1.807, 2.05) is 38.1 Å². The van der Waals surface area contributed by atoms with Crippen LogP contribution in [0, 0.1) is 6.92 Å². The van der Waals surface area contributed by atoms with Crippen LogP contribution in [-0.2, 0) is 19.6 Å². The average molecular weight is 495 g/mol. The van der Waals surface area contributed by atoms with Gasteiger partial charge in [-0.2, -0.15) is 4.31 Å². The van der Waals surface area contributed by atoms with E-state index in [1.54, 1.807) is 12.1 Å². The molecule has 1 fully saturated rings. The van der Waals surface area contributed by atoms with E-state index in [1.165, 1.54) is 22.1 Å². The molecule has 8 nitrogen and oxygen atoms in total. The van der Waals surface area contributed by atoms with Gasteiger partial charge in [0.25, 0.3) is 0 Å². The standard InChI is InChI=1S/C23H30N2O6S2/c1-3-30-19-5-7-20(8-6-19)31-14-15-32-17-23(26)24-22-16-21(9-4-18(22)2)33(27,28)25-10-12-29-13-11-25/h4-9,16H,3,10-15,17H2,1-2H3,(H,24,26). The molecule has 33 heavy (non-hydrogen) atoms. The van der Waals surface area contributed by atoms with E-state index >= 15 is 0 Å². The van der Waals surface area contributed by atoms with Crippen LogP contribution in [0.2, 0.25) is 0 Å². The van der Waals surface area contributed by atoms with E-state index in [0.29, 0.717) is 51.0 Å². The molecule has 2 aromatic carbocycles. The number of carbonyl (C=O) groups is 1. The average Bonchev–Trinajstić information content (AvgIpc) is 2.82. The summed E-state index contributed by atoms with van der Waals surface area (Å²) in [4.78, 5) is 12.6. The normalized spacial score (nSPS) is 14.6. The first-order valence-corrected chi connectivity index (χ1v) is 13.4. The minimum Gasteiger partial charge on any atom is -0.494 e. The predicted molar refractivity (Wildman–Crippen MR) is 130 cm³/mol. The molecule has 0 spiro atoms. The zero-order chi connectivity index (χ0) is 23.7. The minimum absolute atomic E-state index is 0.168. The summed E-state index contributed by atoms with van der Waals surface area (Å²) in [6.45, 7) is 6.27. The molecule has 0 atom stereocenters. The molecule has 1 heterocycles. The summed E-state index contributed by atoms with van der Waals surface area (Å²) in [7, 11) is -3.62. The number of rotatable bonds is 11. The Morgan fingerprint density at radius 1 is 1.09 bits per heavy atom. The van der Waals surface area contributed by atoms with Crippen LogP contribution in [0.15, 0.2) is 47.4 Å². The molecular weight excluding hydrogens is 464 g/mol. The monoisotopic (exact) mass is 494 g/mol. The van der Waals surface area contributed by atoms with Gasteiger partial charge in [-0.05, 0) is 55.8 Å². The molecule has 1 saturated heterocycles. The summed E-state index contributed by atoms with van der Waals surface area (Å²) >= 11 is 1.45. The van der Waals surface area contributed by atoms with E-state index in [-0.39, 0.29) is 16.6 Å². The molecular formula is C23H30N2O6S2. The van der Waals surface area contributed by atoms with Crippen molar-refractivity contribution >= 4 is 33.4 Å². The van der Waals surface area contributed by atoms with E-state index in [2.05, 4.69) is 5.32 Å². The minimum atomic E-state index is -3.62. The number of nitrogens with one attached hydrogen (secondary N) is 1. The van der Waals surface area contributed by atoms with Crippen LogP contribution < -0.4 is 14.8 Å². The molecule has 1 amide bonds. The Hall–Kier alpha value is -2.27. The van der Waals surface area contributed by atoms with Crippen LogP contribution in [0.25, 0.3) is 0 Å². The van der Waals surface area contributed by atoms with Gasteiger partial charge in [-0.1, -0.05) is 6.07 Å². The number of nitrogens with zero attached hydrogens (tertiary/aromatic N) is 1. The molecule has 1 aliphatic heterocycles. The van der Waals surface area contributed by atoms with Crippen molar-refractivity contribution in [3.05, 3.63) is 48.0 Å². The number of ether oxygens (including phenoxy) is 3. The third-order valence-electron chi connectivity index (χ3n) is 4.96. The Morgan fingerprint density at radius 2 is 1.76 bits per heavy atom. The van der Waals surface area contributed by atoms with Crippen molar-refractivity contribution in [2.24, 2.45) is 0 Å². The van der Waals surface area contributed by atoms with E-state index in [0.717, 1.165) is 17.1 Å². The van der Waals surface area contributed by atoms with Gasteiger partial charge in [-0.15, -0.1) is 11.8 Å². The Bertz CT molecular complexity index is 1020. The van der Waals surface area contributed by atoms with Gasteiger partial charge in [0, 0.05) is 24.5 Å². The Kier molecular flexibility index (Phi) is 9.42. The maximum absolute atomic E-state index is 12.9. The zero-order valence-corrected chi connectivity index (χ0v) is 20.5. The molecule has 180 valence electrons. The van der Waals surface area contributed by atoms with Crippen LogP contribution >= 0.6 is 11.8 Å². The Balaban J connectivity index is 1.46. The lowest BCUT2D eigenvalue weighted by atomic mass is 10.2. The lowest BCUT2D eigenvalue weighted by Crippen LogP contribution is -2.40. The number of hydrogen-bond acceptors (Lipinski definition) is 7. The third-order valence-corrected chi connectivity index (χ3v) is 7.77. The van der Waals surface area contributed by atoms with Crippen LogP contribution in [0.1, 0.15) is 12.5 Å². The van der Waals surface area contributed by atoms with Crippen LogP contribution in [0.5, 0.6) is 11.5 Å². The Labute approximate surface area is 199 Å². The summed E-state index contributed by atoms with van der Waals surface area (Å²) in [5.41, 5.74) is 1.30. The largest absolute Gasteiger partial charge is 0.494 e. The molecule has 1 aliphatic rings. The first-order valence-electron chi connectivity index (χ1n) is 10.8. The smallest absolute Gasteiger partial charge is 0.243 e. The van der Waals surface area contributed by atoms with Gasteiger partial charge < -0.3 is 19.5 Å². The fraction of sp³-hybridized carbons (Fsp3) is 0.435. The van der Waals surface area contributed by atoms with Crippen LogP contribution in [0.3, 0.4) is 0 Å². The van der Waals surface area contributed by atoms with Crippen molar-refractivity contribution in [1.82, 2.24) is 4.31 Å². The fourth-order valence-electron chi connectivity index (χ4n) is 3.20. The molecule has 0 radical (unpaired) electrons. The van der Waals surface area contributed by atoms with Gasteiger partial charge in [-0.3, -0.25) is 4.79 Å². The number of carbonyl (C=O) groups excluding carboxylic acids is 1. The van der Waals surface area contributed by atoms with Gasteiger partial charge in [-0.25, -0.2) is 8.42 Å². The number of sulfonamides is 1. The first-order chi connectivity index (χ1) is 15.9. The second kappa shape index (κ2) is 12.3. The van der Waals surface area contributed by atoms with Crippen molar-refractivity contribution in [2.75, 3.05) is 56.3 Å². The molecule has 1 N–H and O–H groups in total. The van der Waals surface area contributed by atoms with Gasteiger partial charge in [0.05, 0.1) is 37.1 Å². The molecule has 2 aromatic rings. The third kappa shape index (κ3) is 7.36. The van der Waals surface area contributed by atoms with Crippen molar-refractivity contribution in [1.29, 1.82) is 0 Å². The Morgan fingerprint density at radius 3 is 2.42 bits per heavy atom. The maximum atomic E-state index is 12.9. The molecule has 0 saturated carbocycles. The number of amides is 1. The second-order valence-corrected chi connectivity index (χ2v) is 10.4. The van der Waals surface area contributed by atoms with Crippen molar-refractivity contribution in [3.8, 4) is 11.5 Å². The van der Waals surface area contributed by atoms with Gasteiger partial charge in [0.15, 0.2) is 0 Å². The zero-order valence-electron chi connectivity index (χ0n) is 18.9. The van der Waals surface area contributed by atoms with Crippen molar-refractivity contribution in [2.45, 2.75) is 18.7 Å². The topological polar surface area (TPSA) is 94.2 Å². The number of aryl methyl sites for hydroxylation is 1. The number of thioether (sulfide) groups is 1. The lowest BCUT2D eigenvalue weighted by Gasteiger charge is -2.26. The number of benzene rings is 2. The van der Waals surface area contributed by atoms with E-state index in [9.17, 15) is 13.2 Å². The summed E-state index contributed by atoms with van der Waals surface area (Å²) in [5, 5.41) is 2.83. The van der Waals surface area contributed by atoms with E-state index < -0.39 is 10.0 Å². The predicted octanol–water partition coefficient (Wildman–Crippen LogP) is 3.17. The van der Waals surface area contributed by atoms with Crippen molar-refractivity contribution < 1.29 is 27.4 Å². The molecule has 0 bridgehead atoms. The lowest BCUT2D eigenvalue weighted by molar-refractivity contribution is -0.113. The van der Waals surface area contributed by atoms with Crippen molar-refractivity contribution in [3.63, 3.8) is 0 Å². The maximum Gasteiger partial charge on any atom is 0.243 e. The first kappa shape index (κ1) is 25.4. The summed E-state index contributed by atoms with van der Waals surface area (Å²) < 4.78 is 43.5. The molecule has 10 heteroatoms. The van der Waals surface area contributed by atoms with E-state index in [4.69, 9.17) is 14.2 Å². The highest BCUT2D eigenvalue weighted by Crippen LogP contribution is 2.24. The van der Waals surface area contributed by atoms with Gasteiger partial charge >= 0.3 is 0 Å². The van der Waals surface area contributed by atoms with Gasteiger partial charge in [0.2, 0.25) is 15.9 Å². The number of morpholine rings is 1. The van der Waals surface area contributed by atoms with Gasteiger partial charge in [0.1, 0.15) is 11.5 Å². The summed E-state index contributed by atoms with van der Waals surface area (Å²) in [5.74, 6) is 2.24. The quantitative estimate of drug-likeness (QED) is 0.480. The highest BCUT2D eigenvalue weighted by Gasteiger charge is 2.26. The number of anilines is 1. The molecule has 0 aliphatic carbocycles. The van der Waals surface area contributed by atoms with Crippen LogP contribution in [-0.4, -0.2) is 69.7 Å².